The fourth-order valence-electron chi connectivity index (χ4n) is 1.42. The summed E-state index contributed by atoms with van der Waals surface area (Å²) in [4.78, 5) is 1.13. The first-order chi connectivity index (χ1) is 7.34. The van der Waals surface area contributed by atoms with Crippen LogP contribution in [0.2, 0.25) is 0 Å². The molecule has 0 aliphatic carbocycles. The van der Waals surface area contributed by atoms with Crippen LogP contribution >= 0.6 is 11.9 Å². The van der Waals surface area contributed by atoms with E-state index in [0.29, 0.717) is 0 Å². The number of rotatable bonds is 2. The zero-order chi connectivity index (χ0) is 11.1. The lowest BCUT2D eigenvalue weighted by atomic mass is 10.4. The molecule has 0 spiro atoms. The van der Waals surface area contributed by atoms with Gasteiger partial charge in [0.15, 0.2) is 0 Å². The average Bonchev–Trinajstić information content (AvgIpc) is 2.77. The summed E-state index contributed by atoms with van der Waals surface area (Å²) in [6.45, 7) is 6.31. The standard InChI is InChI=1S/C10H12FNS.C2H6/c11-9-3-5-10(6-4-9)13-12-7-1-2-8-12;1-2/h3-6H,1-2,7-8H2;1-2H3. The SMILES string of the molecule is CC.Fc1ccc(SN2CCCC2)cc1. The van der Waals surface area contributed by atoms with Gasteiger partial charge in [0.25, 0.3) is 0 Å². The van der Waals surface area contributed by atoms with Crippen LogP contribution in [0.3, 0.4) is 0 Å². The Morgan fingerprint density at radius 3 is 2.13 bits per heavy atom. The normalized spacial score (nSPS) is 15.9. The maximum absolute atomic E-state index is 12.6. The van der Waals surface area contributed by atoms with E-state index in [-0.39, 0.29) is 5.82 Å². The van der Waals surface area contributed by atoms with Crippen molar-refractivity contribution in [2.45, 2.75) is 31.6 Å². The van der Waals surface area contributed by atoms with Crippen LogP contribution < -0.4 is 0 Å². The number of halogens is 1. The predicted molar refractivity (Wildman–Crippen MR) is 64.4 cm³/mol. The van der Waals surface area contributed by atoms with Crippen LogP contribution in [-0.2, 0) is 0 Å². The largest absolute Gasteiger partial charge is 0.246 e. The van der Waals surface area contributed by atoms with Gasteiger partial charge in [0.2, 0.25) is 0 Å². The van der Waals surface area contributed by atoms with Crippen LogP contribution in [0.1, 0.15) is 26.7 Å². The molecule has 0 radical (unpaired) electrons. The maximum atomic E-state index is 12.6. The van der Waals surface area contributed by atoms with Crippen molar-refractivity contribution >= 4 is 11.9 Å². The molecular formula is C12H18FNS. The zero-order valence-electron chi connectivity index (χ0n) is 9.37. The molecule has 0 amide bonds. The van der Waals surface area contributed by atoms with Gasteiger partial charge in [-0.25, -0.2) is 8.70 Å². The molecule has 0 aromatic heterocycles. The monoisotopic (exact) mass is 227 g/mol. The Balaban J connectivity index is 0.000000531. The van der Waals surface area contributed by atoms with E-state index in [0.717, 1.165) is 18.0 Å². The van der Waals surface area contributed by atoms with Gasteiger partial charge in [-0.05, 0) is 49.1 Å². The van der Waals surface area contributed by atoms with Gasteiger partial charge in [-0.1, -0.05) is 13.8 Å². The molecule has 84 valence electrons. The number of hydrogen-bond acceptors (Lipinski definition) is 2. The van der Waals surface area contributed by atoms with Gasteiger partial charge < -0.3 is 0 Å². The van der Waals surface area contributed by atoms with Gasteiger partial charge in [0.05, 0.1) is 0 Å². The zero-order valence-corrected chi connectivity index (χ0v) is 10.2. The molecule has 15 heavy (non-hydrogen) atoms. The lowest BCUT2D eigenvalue weighted by Gasteiger charge is -2.12. The van der Waals surface area contributed by atoms with Crippen molar-refractivity contribution < 1.29 is 4.39 Å². The minimum Gasteiger partial charge on any atom is -0.246 e. The molecule has 1 aromatic carbocycles. The van der Waals surface area contributed by atoms with Crippen LogP contribution in [0.25, 0.3) is 0 Å². The molecule has 1 aliphatic rings. The van der Waals surface area contributed by atoms with E-state index in [9.17, 15) is 4.39 Å². The first-order valence-corrected chi connectivity index (χ1v) is 6.30. The summed E-state index contributed by atoms with van der Waals surface area (Å²) >= 11 is 1.73. The molecule has 2 rings (SSSR count). The van der Waals surface area contributed by atoms with E-state index in [1.54, 1.807) is 11.9 Å². The molecule has 1 heterocycles. The van der Waals surface area contributed by atoms with Crippen molar-refractivity contribution in [3.63, 3.8) is 0 Å². The highest BCUT2D eigenvalue weighted by Crippen LogP contribution is 2.26. The fraction of sp³-hybridized carbons (Fsp3) is 0.500. The second kappa shape index (κ2) is 6.85. The molecule has 1 saturated heterocycles. The smallest absolute Gasteiger partial charge is 0.123 e. The minimum atomic E-state index is -0.161. The summed E-state index contributed by atoms with van der Waals surface area (Å²) in [7, 11) is 0. The van der Waals surface area contributed by atoms with Crippen molar-refractivity contribution in [3.8, 4) is 0 Å². The third-order valence-corrected chi connectivity index (χ3v) is 3.22. The van der Waals surface area contributed by atoms with Crippen molar-refractivity contribution in [1.29, 1.82) is 0 Å². The van der Waals surface area contributed by atoms with Crippen LogP contribution in [0.4, 0.5) is 4.39 Å². The third kappa shape index (κ3) is 4.22. The molecule has 1 aliphatic heterocycles. The van der Waals surface area contributed by atoms with Gasteiger partial charge >= 0.3 is 0 Å². The molecule has 0 bridgehead atoms. The lowest BCUT2D eigenvalue weighted by molar-refractivity contribution is 0.586. The topological polar surface area (TPSA) is 3.24 Å². The molecule has 1 fully saturated rings. The average molecular weight is 227 g/mol. The summed E-state index contributed by atoms with van der Waals surface area (Å²) in [5, 5.41) is 0. The Hall–Kier alpha value is -0.540. The third-order valence-electron chi connectivity index (χ3n) is 2.11. The van der Waals surface area contributed by atoms with Gasteiger partial charge in [0, 0.05) is 18.0 Å². The summed E-state index contributed by atoms with van der Waals surface area (Å²) in [5.74, 6) is -0.161. The number of hydrogen-bond donors (Lipinski definition) is 0. The summed E-state index contributed by atoms with van der Waals surface area (Å²) in [5.41, 5.74) is 0. The molecule has 3 heteroatoms. The molecule has 0 saturated carbocycles. The van der Waals surface area contributed by atoms with E-state index in [1.165, 1.54) is 25.0 Å². The highest BCUT2D eigenvalue weighted by Gasteiger charge is 2.12. The Morgan fingerprint density at radius 1 is 1.07 bits per heavy atom. The summed E-state index contributed by atoms with van der Waals surface area (Å²) < 4.78 is 14.9. The molecule has 0 N–H and O–H groups in total. The van der Waals surface area contributed by atoms with Crippen LogP contribution in [-0.4, -0.2) is 17.4 Å². The number of nitrogens with zero attached hydrogens (tertiary/aromatic N) is 1. The van der Waals surface area contributed by atoms with Crippen LogP contribution in [0.15, 0.2) is 29.2 Å². The maximum Gasteiger partial charge on any atom is 0.123 e. The number of benzene rings is 1. The van der Waals surface area contributed by atoms with Crippen LogP contribution in [0, 0.1) is 5.82 Å². The van der Waals surface area contributed by atoms with Gasteiger partial charge in [0.1, 0.15) is 5.82 Å². The molecule has 1 nitrogen and oxygen atoms in total. The van der Waals surface area contributed by atoms with E-state index >= 15 is 0 Å². The Labute approximate surface area is 95.8 Å². The van der Waals surface area contributed by atoms with E-state index in [2.05, 4.69) is 4.31 Å². The second-order valence-electron chi connectivity index (χ2n) is 3.18. The van der Waals surface area contributed by atoms with Crippen molar-refractivity contribution in [2.24, 2.45) is 0 Å². The Bertz CT molecular complexity index is 267. The lowest BCUT2D eigenvalue weighted by Crippen LogP contribution is -2.08. The van der Waals surface area contributed by atoms with Crippen LogP contribution in [0.5, 0.6) is 0 Å². The van der Waals surface area contributed by atoms with Gasteiger partial charge in [-0.2, -0.15) is 0 Å². The van der Waals surface area contributed by atoms with E-state index in [4.69, 9.17) is 0 Å². The summed E-state index contributed by atoms with van der Waals surface area (Å²) in [6, 6.07) is 6.69. The van der Waals surface area contributed by atoms with E-state index < -0.39 is 0 Å². The Morgan fingerprint density at radius 2 is 1.60 bits per heavy atom. The van der Waals surface area contributed by atoms with Gasteiger partial charge in [-0.15, -0.1) is 0 Å². The first kappa shape index (κ1) is 12.5. The summed E-state index contributed by atoms with van der Waals surface area (Å²) in [6.07, 6.45) is 2.57. The quantitative estimate of drug-likeness (QED) is 0.704. The van der Waals surface area contributed by atoms with E-state index in [1.807, 2.05) is 26.0 Å². The Kier molecular flexibility index (Phi) is 5.73. The minimum absolute atomic E-state index is 0.161. The first-order valence-electron chi connectivity index (χ1n) is 5.53. The predicted octanol–water partition coefficient (Wildman–Crippen LogP) is 3.95. The molecule has 0 atom stereocenters. The second-order valence-corrected chi connectivity index (χ2v) is 4.35. The van der Waals surface area contributed by atoms with Gasteiger partial charge in [-0.3, -0.25) is 0 Å². The van der Waals surface area contributed by atoms with Crippen molar-refractivity contribution in [2.75, 3.05) is 13.1 Å². The highest BCUT2D eigenvalue weighted by molar-refractivity contribution is 7.97. The van der Waals surface area contributed by atoms with Crippen molar-refractivity contribution in [1.82, 2.24) is 4.31 Å². The highest BCUT2D eigenvalue weighted by atomic mass is 32.2. The molecular weight excluding hydrogens is 209 g/mol. The fourth-order valence-corrected chi connectivity index (χ4v) is 2.42. The molecule has 1 aromatic rings. The molecule has 0 unspecified atom stereocenters. The van der Waals surface area contributed by atoms with Crippen molar-refractivity contribution in [3.05, 3.63) is 30.1 Å².